The zero-order chi connectivity index (χ0) is 18.8. The molecule has 1 saturated heterocycles. The molecule has 0 radical (unpaired) electrons. The van der Waals surface area contributed by atoms with Gasteiger partial charge in [-0.05, 0) is 18.2 Å². The lowest BCUT2D eigenvalue weighted by atomic mass is 10.2. The molecule has 1 amide bonds. The first-order valence-corrected chi connectivity index (χ1v) is 9.12. The molecule has 0 saturated carbocycles. The lowest BCUT2D eigenvalue weighted by molar-refractivity contribution is 0.0276. The molecule has 0 atom stereocenters. The van der Waals surface area contributed by atoms with Crippen molar-refractivity contribution in [1.82, 2.24) is 14.8 Å². The van der Waals surface area contributed by atoms with Crippen molar-refractivity contribution in [1.29, 1.82) is 0 Å². The van der Waals surface area contributed by atoms with Gasteiger partial charge in [0.05, 0.1) is 18.9 Å². The second-order valence-electron chi connectivity index (χ2n) is 6.81. The van der Waals surface area contributed by atoms with Crippen molar-refractivity contribution in [3.05, 3.63) is 52.7 Å². The average Bonchev–Trinajstić information content (AvgIpc) is 3.01. The van der Waals surface area contributed by atoms with Gasteiger partial charge >= 0.3 is 5.91 Å². The number of carbonyl (C=O) groups is 1. The number of oxazole rings is 1. The minimum Gasteiger partial charge on any atom is -0.437 e. The smallest absolute Gasteiger partial charge is 0.309 e. The summed E-state index contributed by atoms with van der Waals surface area (Å²) in [6.45, 7) is 3.73. The summed E-state index contributed by atoms with van der Waals surface area (Å²) in [5, 5.41) is 0. The first-order chi connectivity index (χ1) is 13.1. The van der Waals surface area contributed by atoms with Crippen LogP contribution in [0.25, 0.3) is 0 Å². The second-order valence-corrected chi connectivity index (χ2v) is 6.81. The predicted octanol–water partition coefficient (Wildman–Crippen LogP) is 2.03. The van der Waals surface area contributed by atoms with Crippen LogP contribution in [0.1, 0.15) is 27.7 Å². The minimum absolute atomic E-state index is 0.131. The number of amides is 1. The number of hydrogen-bond donors (Lipinski definition) is 0. The van der Waals surface area contributed by atoms with E-state index in [0.29, 0.717) is 70.1 Å². The number of fused-ring (bicyclic) bond motifs is 1. The first-order valence-electron chi connectivity index (χ1n) is 9.12. The standard InChI is InChI=1S/C19H21F2N3O3/c20-14-1-2-15(21)13(11-14)12-23-5-3-16-17(4-6-23)27-18(22-16)19(25)24-7-9-26-10-8-24/h1-2,11H,3-10,12H2. The van der Waals surface area contributed by atoms with Crippen molar-refractivity contribution >= 4 is 5.91 Å². The number of aromatic nitrogens is 1. The summed E-state index contributed by atoms with van der Waals surface area (Å²) >= 11 is 0. The molecule has 27 heavy (non-hydrogen) atoms. The summed E-state index contributed by atoms with van der Waals surface area (Å²) < 4.78 is 38.2. The highest BCUT2D eigenvalue weighted by atomic mass is 19.1. The molecule has 6 nitrogen and oxygen atoms in total. The molecular formula is C19H21F2N3O3. The number of morpholine rings is 1. The van der Waals surface area contributed by atoms with Gasteiger partial charge in [0.15, 0.2) is 0 Å². The number of rotatable bonds is 3. The molecule has 1 aromatic carbocycles. The SMILES string of the molecule is O=C(c1nc2c(o1)CCN(Cc1cc(F)ccc1F)CC2)N1CCOCC1. The monoisotopic (exact) mass is 377 g/mol. The normalized spacial score (nSPS) is 18.2. The maximum absolute atomic E-state index is 13.9. The Morgan fingerprint density at radius 2 is 1.89 bits per heavy atom. The van der Waals surface area contributed by atoms with Crippen molar-refractivity contribution in [3.8, 4) is 0 Å². The summed E-state index contributed by atoms with van der Waals surface area (Å²) in [5.74, 6) is -0.222. The van der Waals surface area contributed by atoms with Crippen LogP contribution in [0.3, 0.4) is 0 Å². The van der Waals surface area contributed by atoms with Gasteiger partial charge in [-0.15, -0.1) is 0 Å². The quantitative estimate of drug-likeness (QED) is 0.819. The Balaban J connectivity index is 1.41. The lowest BCUT2D eigenvalue weighted by Crippen LogP contribution is -2.40. The highest BCUT2D eigenvalue weighted by molar-refractivity contribution is 5.89. The largest absolute Gasteiger partial charge is 0.437 e. The van der Waals surface area contributed by atoms with E-state index in [-0.39, 0.29) is 11.8 Å². The van der Waals surface area contributed by atoms with Gasteiger partial charge < -0.3 is 14.1 Å². The van der Waals surface area contributed by atoms with Crippen molar-refractivity contribution in [2.45, 2.75) is 19.4 Å². The molecule has 0 bridgehead atoms. The molecule has 4 rings (SSSR count). The molecule has 8 heteroatoms. The Hall–Kier alpha value is -2.32. The van der Waals surface area contributed by atoms with Gasteiger partial charge in [-0.1, -0.05) is 0 Å². The van der Waals surface area contributed by atoms with Crippen LogP contribution in [0.4, 0.5) is 8.78 Å². The molecule has 0 spiro atoms. The maximum Gasteiger partial charge on any atom is 0.309 e. The molecule has 1 aromatic heterocycles. The molecular weight excluding hydrogens is 356 g/mol. The first kappa shape index (κ1) is 18.1. The van der Waals surface area contributed by atoms with E-state index >= 15 is 0 Å². The summed E-state index contributed by atoms with van der Waals surface area (Å²) in [4.78, 5) is 20.6. The van der Waals surface area contributed by atoms with E-state index in [1.165, 1.54) is 6.07 Å². The number of benzene rings is 1. The Morgan fingerprint density at radius 1 is 1.11 bits per heavy atom. The molecule has 1 fully saturated rings. The third kappa shape index (κ3) is 4.01. The van der Waals surface area contributed by atoms with Gasteiger partial charge in [0.2, 0.25) is 0 Å². The van der Waals surface area contributed by atoms with Crippen LogP contribution in [0, 0.1) is 11.6 Å². The van der Waals surface area contributed by atoms with Crippen molar-refractivity contribution in [3.63, 3.8) is 0 Å². The molecule has 0 N–H and O–H groups in total. The van der Waals surface area contributed by atoms with E-state index in [0.717, 1.165) is 17.8 Å². The summed E-state index contributed by atoms with van der Waals surface area (Å²) in [6, 6.07) is 3.50. The van der Waals surface area contributed by atoms with Gasteiger partial charge in [0.1, 0.15) is 17.4 Å². The maximum atomic E-state index is 13.9. The molecule has 144 valence electrons. The fourth-order valence-corrected chi connectivity index (χ4v) is 3.47. The van der Waals surface area contributed by atoms with Crippen molar-refractivity contribution in [2.24, 2.45) is 0 Å². The summed E-state index contributed by atoms with van der Waals surface area (Å²) in [5.41, 5.74) is 1.11. The molecule has 0 unspecified atom stereocenters. The summed E-state index contributed by atoms with van der Waals surface area (Å²) in [7, 11) is 0. The lowest BCUT2D eigenvalue weighted by Gasteiger charge is -2.25. The van der Waals surface area contributed by atoms with E-state index in [2.05, 4.69) is 4.98 Å². The fraction of sp³-hybridized carbons (Fsp3) is 0.474. The molecule has 0 aliphatic carbocycles. The van der Waals surface area contributed by atoms with E-state index in [1.807, 2.05) is 4.90 Å². The Kier molecular flexibility index (Phi) is 5.18. The van der Waals surface area contributed by atoms with Crippen molar-refractivity contribution in [2.75, 3.05) is 39.4 Å². The average molecular weight is 377 g/mol. The van der Waals surface area contributed by atoms with E-state index in [4.69, 9.17) is 9.15 Å². The van der Waals surface area contributed by atoms with Gasteiger partial charge in [-0.25, -0.2) is 13.8 Å². The van der Waals surface area contributed by atoms with Crippen LogP contribution in [-0.4, -0.2) is 60.1 Å². The van der Waals surface area contributed by atoms with Gasteiger partial charge in [0.25, 0.3) is 5.89 Å². The van der Waals surface area contributed by atoms with Crippen LogP contribution in [0.15, 0.2) is 22.6 Å². The van der Waals surface area contributed by atoms with Crippen LogP contribution >= 0.6 is 0 Å². The number of nitrogens with zero attached hydrogens (tertiary/aromatic N) is 3. The van der Waals surface area contributed by atoms with Gasteiger partial charge in [-0.3, -0.25) is 9.69 Å². The second kappa shape index (κ2) is 7.74. The highest BCUT2D eigenvalue weighted by Crippen LogP contribution is 2.21. The van der Waals surface area contributed by atoms with E-state index < -0.39 is 11.6 Å². The zero-order valence-electron chi connectivity index (χ0n) is 14.9. The van der Waals surface area contributed by atoms with Gasteiger partial charge in [0, 0.05) is 51.1 Å². The topological polar surface area (TPSA) is 58.8 Å². The highest BCUT2D eigenvalue weighted by Gasteiger charge is 2.27. The Labute approximate surface area is 155 Å². The van der Waals surface area contributed by atoms with Crippen LogP contribution in [0.2, 0.25) is 0 Å². The minimum atomic E-state index is -0.443. The summed E-state index contributed by atoms with van der Waals surface area (Å²) in [6.07, 6.45) is 1.18. The van der Waals surface area contributed by atoms with E-state index in [1.54, 1.807) is 4.90 Å². The predicted molar refractivity (Wildman–Crippen MR) is 92.3 cm³/mol. The molecule has 2 aromatic rings. The molecule has 2 aliphatic rings. The number of ether oxygens (including phenoxy) is 1. The molecule has 2 aliphatic heterocycles. The third-order valence-corrected chi connectivity index (χ3v) is 4.98. The van der Waals surface area contributed by atoms with E-state index in [9.17, 15) is 13.6 Å². The van der Waals surface area contributed by atoms with Crippen LogP contribution in [-0.2, 0) is 24.1 Å². The van der Waals surface area contributed by atoms with Gasteiger partial charge in [-0.2, -0.15) is 0 Å². The van der Waals surface area contributed by atoms with Crippen molar-refractivity contribution < 1.29 is 22.7 Å². The fourth-order valence-electron chi connectivity index (χ4n) is 3.47. The number of carbonyl (C=O) groups excluding carboxylic acids is 1. The number of hydrogen-bond acceptors (Lipinski definition) is 5. The van der Waals surface area contributed by atoms with Crippen LogP contribution < -0.4 is 0 Å². The number of halogens is 2. The third-order valence-electron chi connectivity index (χ3n) is 4.98. The Bertz CT molecular complexity index is 808. The van der Waals surface area contributed by atoms with Crippen LogP contribution in [0.5, 0.6) is 0 Å². The molecule has 3 heterocycles. The Morgan fingerprint density at radius 3 is 2.70 bits per heavy atom. The zero-order valence-corrected chi connectivity index (χ0v) is 14.9.